The van der Waals surface area contributed by atoms with E-state index in [-0.39, 0.29) is 6.04 Å². The van der Waals surface area contributed by atoms with Gasteiger partial charge in [0.25, 0.3) is 0 Å². The summed E-state index contributed by atoms with van der Waals surface area (Å²) in [6, 6.07) is 10.2. The molecular weight excluding hydrogens is 340 g/mol. The molecule has 1 aliphatic carbocycles. The van der Waals surface area contributed by atoms with Crippen LogP contribution in [0.3, 0.4) is 0 Å². The van der Waals surface area contributed by atoms with Crippen molar-refractivity contribution >= 4 is 16.9 Å². The predicted molar refractivity (Wildman–Crippen MR) is 100.0 cm³/mol. The molecule has 0 spiro atoms. The van der Waals surface area contributed by atoms with Crippen LogP contribution in [-0.4, -0.2) is 43.8 Å². The summed E-state index contributed by atoms with van der Waals surface area (Å²) in [6.07, 6.45) is 6.27. The van der Waals surface area contributed by atoms with Crippen LogP contribution in [0.4, 0.5) is 5.82 Å². The second-order valence-corrected chi connectivity index (χ2v) is 7.51. The molecule has 7 heteroatoms. The standard InChI is InChI=1S/C20H20N6O/c21-9-16-20(23-6-5-22-16)25-10-13-7-18(19(27)8-14(13)11-25)26-12-24-15-3-1-2-4-17(15)26/h1-6,12-14,18-19,27H,7-8,10-11H2/t13-,14+,18-,19-/m1/s1. The molecule has 0 unspecified atom stereocenters. The molecule has 3 heterocycles. The van der Waals surface area contributed by atoms with E-state index in [0.29, 0.717) is 23.3 Å². The molecule has 136 valence electrons. The Kier molecular flexibility index (Phi) is 3.80. The van der Waals surface area contributed by atoms with Crippen molar-refractivity contribution in [1.29, 1.82) is 5.26 Å². The molecule has 3 aromatic rings. The lowest BCUT2D eigenvalue weighted by atomic mass is 9.77. The van der Waals surface area contributed by atoms with Crippen molar-refractivity contribution in [2.45, 2.75) is 25.0 Å². The van der Waals surface area contributed by atoms with E-state index >= 15 is 0 Å². The highest BCUT2D eigenvalue weighted by molar-refractivity contribution is 5.75. The Morgan fingerprint density at radius 2 is 1.81 bits per heavy atom. The minimum atomic E-state index is -0.402. The lowest BCUT2D eigenvalue weighted by Gasteiger charge is -2.36. The van der Waals surface area contributed by atoms with Gasteiger partial charge in [-0.2, -0.15) is 5.26 Å². The lowest BCUT2D eigenvalue weighted by molar-refractivity contribution is 0.0375. The average Bonchev–Trinajstić information content (AvgIpc) is 3.31. The number of anilines is 1. The number of aromatic nitrogens is 4. The highest BCUT2D eigenvalue weighted by atomic mass is 16.3. The van der Waals surface area contributed by atoms with Crippen molar-refractivity contribution in [2.24, 2.45) is 11.8 Å². The number of hydrogen-bond acceptors (Lipinski definition) is 6. The number of imidazole rings is 1. The SMILES string of the molecule is N#Cc1nccnc1N1C[C@H]2C[C@@H](n3cnc4ccccc43)[C@H](O)C[C@H]2C1. The molecule has 2 aromatic heterocycles. The van der Waals surface area contributed by atoms with Crippen molar-refractivity contribution < 1.29 is 5.11 Å². The number of rotatable bonds is 2. The van der Waals surface area contributed by atoms with E-state index in [9.17, 15) is 10.4 Å². The predicted octanol–water partition coefficient (Wildman–Crippen LogP) is 2.15. The fourth-order valence-corrected chi connectivity index (χ4v) is 4.76. The normalized spacial score (nSPS) is 27.5. The summed E-state index contributed by atoms with van der Waals surface area (Å²) in [5, 5.41) is 20.2. The largest absolute Gasteiger partial charge is 0.391 e. The zero-order valence-corrected chi connectivity index (χ0v) is 14.8. The van der Waals surface area contributed by atoms with Crippen LogP contribution in [0.1, 0.15) is 24.6 Å². The van der Waals surface area contributed by atoms with Gasteiger partial charge in [-0.3, -0.25) is 0 Å². The Balaban J connectivity index is 1.42. The summed E-state index contributed by atoms with van der Waals surface area (Å²) in [6.45, 7) is 1.65. The third-order valence-corrected chi connectivity index (χ3v) is 6.03. The molecule has 2 aliphatic rings. The van der Waals surface area contributed by atoms with Crippen molar-refractivity contribution in [3.05, 3.63) is 48.7 Å². The Morgan fingerprint density at radius 3 is 2.67 bits per heavy atom. The van der Waals surface area contributed by atoms with E-state index in [2.05, 4.69) is 36.6 Å². The number of benzene rings is 1. The van der Waals surface area contributed by atoms with Gasteiger partial charge in [-0.25, -0.2) is 15.0 Å². The Hall–Kier alpha value is -2.98. The number of nitriles is 1. The fourth-order valence-electron chi connectivity index (χ4n) is 4.76. The molecule has 0 bridgehead atoms. The Bertz CT molecular complexity index is 1020. The first-order valence-electron chi connectivity index (χ1n) is 9.30. The summed E-state index contributed by atoms with van der Waals surface area (Å²) in [4.78, 5) is 15.2. The van der Waals surface area contributed by atoms with Crippen LogP contribution in [0.15, 0.2) is 43.0 Å². The van der Waals surface area contributed by atoms with Crippen molar-refractivity contribution in [2.75, 3.05) is 18.0 Å². The minimum Gasteiger partial charge on any atom is -0.391 e. The van der Waals surface area contributed by atoms with Crippen LogP contribution in [0.25, 0.3) is 11.0 Å². The maximum Gasteiger partial charge on any atom is 0.183 e. The number of aliphatic hydroxyl groups is 1. The van der Waals surface area contributed by atoms with Crippen molar-refractivity contribution in [1.82, 2.24) is 19.5 Å². The van der Waals surface area contributed by atoms with Gasteiger partial charge >= 0.3 is 0 Å². The summed E-state index contributed by atoms with van der Waals surface area (Å²) in [7, 11) is 0. The van der Waals surface area contributed by atoms with E-state index in [0.717, 1.165) is 37.0 Å². The number of aliphatic hydroxyl groups excluding tert-OH is 1. The van der Waals surface area contributed by atoms with Crippen molar-refractivity contribution in [3.63, 3.8) is 0 Å². The summed E-state index contributed by atoms with van der Waals surface area (Å²) in [5.74, 6) is 1.52. The smallest absolute Gasteiger partial charge is 0.183 e. The van der Waals surface area contributed by atoms with Crippen LogP contribution in [-0.2, 0) is 0 Å². The molecule has 2 fully saturated rings. The molecule has 7 nitrogen and oxygen atoms in total. The highest BCUT2D eigenvalue weighted by Crippen LogP contribution is 2.43. The van der Waals surface area contributed by atoms with Crippen molar-refractivity contribution in [3.8, 4) is 6.07 Å². The fraction of sp³-hybridized carbons (Fsp3) is 0.400. The highest BCUT2D eigenvalue weighted by Gasteiger charge is 2.43. The molecule has 1 aliphatic heterocycles. The number of nitrogens with zero attached hydrogens (tertiary/aromatic N) is 6. The maximum atomic E-state index is 10.9. The molecule has 1 N–H and O–H groups in total. The quantitative estimate of drug-likeness (QED) is 0.753. The van der Waals surface area contributed by atoms with E-state index in [1.54, 1.807) is 12.4 Å². The van der Waals surface area contributed by atoms with E-state index in [1.807, 2.05) is 24.5 Å². The van der Waals surface area contributed by atoms with Crippen LogP contribution < -0.4 is 4.90 Å². The molecule has 5 rings (SSSR count). The first-order valence-corrected chi connectivity index (χ1v) is 9.30. The van der Waals surface area contributed by atoms with Gasteiger partial charge in [-0.1, -0.05) is 12.1 Å². The van der Waals surface area contributed by atoms with Gasteiger partial charge in [0.2, 0.25) is 0 Å². The zero-order chi connectivity index (χ0) is 18.4. The van der Waals surface area contributed by atoms with Crippen LogP contribution >= 0.6 is 0 Å². The summed E-state index contributed by atoms with van der Waals surface area (Å²) < 4.78 is 2.13. The van der Waals surface area contributed by atoms with Gasteiger partial charge in [0.1, 0.15) is 6.07 Å². The monoisotopic (exact) mass is 360 g/mol. The average molecular weight is 360 g/mol. The van der Waals surface area contributed by atoms with Gasteiger partial charge in [0.15, 0.2) is 11.5 Å². The van der Waals surface area contributed by atoms with Gasteiger partial charge in [-0.15, -0.1) is 0 Å². The molecule has 1 saturated carbocycles. The first kappa shape index (κ1) is 16.2. The molecule has 4 atom stereocenters. The first-order chi connectivity index (χ1) is 13.2. The second-order valence-electron chi connectivity index (χ2n) is 7.51. The molecule has 27 heavy (non-hydrogen) atoms. The van der Waals surface area contributed by atoms with Gasteiger partial charge in [-0.05, 0) is 36.8 Å². The second kappa shape index (κ2) is 6.32. The summed E-state index contributed by atoms with van der Waals surface area (Å²) in [5.41, 5.74) is 2.39. The Morgan fingerprint density at radius 1 is 1.04 bits per heavy atom. The Labute approximate surface area is 156 Å². The topological polar surface area (TPSA) is 90.9 Å². The number of para-hydroxylation sites is 2. The van der Waals surface area contributed by atoms with E-state index in [1.165, 1.54) is 0 Å². The lowest BCUT2D eigenvalue weighted by Crippen LogP contribution is -2.36. The third kappa shape index (κ3) is 2.64. The minimum absolute atomic E-state index is 0.0240. The van der Waals surface area contributed by atoms with E-state index in [4.69, 9.17) is 0 Å². The molecule has 0 amide bonds. The number of fused-ring (bicyclic) bond motifs is 2. The molecular formula is C20H20N6O. The molecule has 1 saturated heterocycles. The zero-order valence-electron chi connectivity index (χ0n) is 14.8. The summed E-state index contributed by atoms with van der Waals surface area (Å²) >= 11 is 0. The van der Waals surface area contributed by atoms with Crippen LogP contribution in [0, 0.1) is 23.2 Å². The molecule has 0 radical (unpaired) electrons. The van der Waals surface area contributed by atoms with Crippen LogP contribution in [0.2, 0.25) is 0 Å². The van der Waals surface area contributed by atoms with Gasteiger partial charge in [0.05, 0.1) is 29.5 Å². The maximum absolute atomic E-state index is 10.9. The molecule has 1 aromatic carbocycles. The third-order valence-electron chi connectivity index (χ3n) is 6.03. The van der Waals surface area contributed by atoms with E-state index < -0.39 is 6.10 Å². The van der Waals surface area contributed by atoms with Crippen LogP contribution in [0.5, 0.6) is 0 Å². The van der Waals surface area contributed by atoms with Gasteiger partial charge in [0, 0.05) is 25.5 Å². The number of hydrogen-bond donors (Lipinski definition) is 1. The van der Waals surface area contributed by atoms with Gasteiger partial charge < -0.3 is 14.6 Å².